The molecule has 0 unspecified atom stereocenters. The lowest BCUT2D eigenvalue weighted by Gasteiger charge is -2.13. The quantitative estimate of drug-likeness (QED) is 0.288. The molecule has 0 radical (unpaired) electrons. The van der Waals surface area contributed by atoms with Crippen molar-refractivity contribution in [3.63, 3.8) is 0 Å². The first kappa shape index (κ1) is 24.9. The summed E-state index contributed by atoms with van der Waals surface area (Å²) in [5, 5.41) is 14.0. The van der Waals surface area contributed by atoms with Crippen molar-refractivity contribution in [2.24, 2.45) is 12.0 Å². The lowest BCUT2D eigenvalue weighted by atomic mass is 10.1. The van der Waals surface area contributed by atoms with Gasteiger partial charge in [0.1, 0.15) is 0 Å². The summed E-state index contributed by atoms with van der Waals surface area (Å²) < 4.78 is 1.98. The molecule has 1 aromatic heterocycles. The Balaban J connectivity index is 0.00000420. The fraction of sp³-hybridized carbons (Fsp3) is 0.476. The Morgan fingerprint density at radius 2 is 1.97 bits per heavy atom. The number of benzene rings is 1. The Morgan fingerprint density at radius 1 is 1.21 bits per heavy atom. The molecular formula is C21H33IN6O. The standard InChI is InChI=1S/C21H32N6O.HI/c1-6-18-17(19(7-2)27(5)26-18)14-25-21(23-4)24-12-11-15-9-8-10-16(13-15)20(28)22-3;/h8-10,13H,6-7,11-12,14H2,1-5H3,(H,22,28)(H2,23,24,25);1H. The summed E-state index contributed by atoms with van der Waals surface area (Å²) in [4.78, 5) is 16.1. The van der Waals surface area contributed by atoms with E-state index in [9.17, 15) is 4.79 Å². The number of amides is 1. The van der Waals surface area contributed by atoms with E-state index in [0.717, 1.165) is 43.0 Å². The van der Waals surface area contributed by atoms with Crippen LogP contribution in [0, 0.1) is 0 Å². The number of carbonyl (C=O) groups is 1. The van der Waals surface area contributed by atoms with Gasteiger partial charge in [-0.3, -0.25) is 14.5 Å². The maximum atomic E-state index is 11.8. The Labute approximate surface area is 190 Å². The van der Waals surface area contributed by atoms with Gasteiger partial charge in [-0.15, -0.1) is 24.0 Å². The Kier molecular flexibility index (Phi) is 10.7. The molecule has 0 spiro atoms. The molecule has 0 aliphatic heterocycles. The number of nitrogens with one attached hydrogen (secondary N) is 3. The zero-order chi connectivity index (χ0) is 20.5. The van der Waals surface area contributed by atoms with Crippen LogP contribution in [0.25, 0.3) is 0 Å². The molecule has 1 aromatic carbocycles. The largest absolute Gasteiger partial charge is 0.356 e. The molecule has 0 saturated carbocycles. The van der Waals surface area contributed by atoms with Crippen LogP contribution in [-0.4, -0.2) is 42.3 Å². The van der Waals surface area contributed by atoms with E-state index in [4.69, 9.17) is 0 Å². The van der Waals surface area contributed by atoms with Crippen LogP contribution in [-0.2, 0) is 32.9 Å². The minimum Gasteiger partial charge on any atom is -0.356 e. The topological polar surface area (TPSA) is 83.3 Å². The minimum atomic E-state index is -0.0674. The van der Waals surface area contributed by atoms with Gasteiger partial charge in [-0.2, -0.15) is 5.10 Å². The SMILES string of the molecule is CCc1nn(C)c(CC)c1CNC(=NC)NCCc1cccc(C(=O)NC)c1.I. The van der Waals surface area contributed by atoms with Gasteiger partial charge in [-0.05, 0) is 37.0 Å². The molecule has 0 bridgehead atoms. The van der Waals surface area contributed by atoms with E-state index in [1.54, 1.807) is 14.1 Å². The van der Waals surface area contributed by atoms with Crippen LogP contribution in [0.2, 0.25) is 0 Å². The number of hydrogen-bond donors (Lipinski definition) is 3. The second kappa shape index (κ2) is 12.5. The molecule has 0 saturated heterocycles. The summed E-state index contributed by atoms with van der Waals surface area (Å²) >= 11 is 0. The van der Waals surface area contributed by atoms with Crippen molar-refractivity contribution in [1.29, 1.82) is 0 Å². The highest BCUT2D eigenvalue weighted by molar-refractivity contribution is 14.0. The third kappa shape index (κ3) is 6.73. The van der Waals surface area contributed by atoms with Crippen molar-refractivity contribution >= 4 is 35.8 Å². The molecule has 0 aliphatic carbocycles. The number of aliphatic imine (C=N–C) groups is 1. The van der Waals surface area contributed by atoms with E-state index in [-0.39, 0.29) is 29.9 Å². The summed E-state index contributed by atoms with van der Waals surface area (Å²) in [5.74, 6) is 0.692. The lowest BCUT2D eigenvalue weighted by Crippen LogP contribution is -2.38. The summed E-state index contributed by atoms with van der Waals surface area (Å²) in [5.41, 5.74) is 5.43. The fourth-order valence-corrected chi connectivity index (χ4v) is 3.32. The van der Waals surface area contributed by atoms with Crippen LogP contribution in [0.4, 0.5) is 0 Å². The number of guanidine groups is 1. The minimum absolute atomic E-state index is 0. The van der Waals surface area contributed by atoms with Crippen LogP contribution >= 0.6 is 24.0 Å². The summed E-state index contributed by atoms with van der Waals surface area (Å²) in [7, 11) is 5.41. The van der Waals surface area contributed by atoms with Gasteiger partial charge < -0.3 is 16.0 Å². The van der Waals surface area contributed by atoms with Crippen LogP contribution < -0.4 is 16.0 Å². The highest BCUT2D eigenvalue weighted by Gasteiger charge is 2.13. The number of hydrogen-bond acceptors (Lipinski definition) is 3. The smallest absolute Gasteiger partial charge is 0.251 e. The van der Waals surface area contributed by atoms with E-state index in [2.05, 4.69) is 39.9 Å². The van der Waals surface area contributed by atoms with Crippen molar-refractivity contribution in [2.45, 2.75) is 39.7 Å². The monoisotopic (exact) mass is 512 g/mol. The van der Waals surface area contributed by atoms with Gasteiger partial charge in [0.15, 0.2) is 5.96 Å². The number of rotatable bonds is 8. The average Bonchev–Trinajstić information content (AvgIpc) is 3.04. The van der Waals surface area contributed by atoms with Crippen LogP contribution in [0.5, 0.6) is 0 Å². The van der Waals surface area contributed by atoms with Gasteiger partial charge in [0.05, 0.1) is 5.69 Å². The molecule has 8 heteroatoms. The molecule has 1 amide bonds. The number of carbonyl (C=O) groups excluding carboxylic acids is 1. The molecule has 29 heavy (non-hydrogen) atoms. The molecule has 2 rings (SSSR count). The van der Waals surface area contributed by atoms with Crippen molar-refractivity contribution in [3.05, 3.63) is 52.3 Å². The number of halogens is 1. The first-order valence-electron chi connectivity index (χ1n) is 9.83. The maximum absolute atomic E-state index is 11.8. The zero-order valence-electron chi connectivity index (χ0n) is 18.0. The Bertz CT molecular complexity index is 831. The zero-order valence-corrected chi connectivity index (χ0v) is 20.3. The third-order valence-corrected chi connectivity index (χ3v) is 4.81. The van der Waals surface area contributed by atoms with E-state index >= 15 is 0 Å². The third-order valence-electron chi connectivity index (χ3n) is 4.81. The van der Waals surface area contributed by atoms with Crippen molar-refractivity contribution < 1.29 is 4.79 Å². The van der Waals surface area contributed by atoms with Gasteiger partial charge in [0.2, 0.25) is 0 Å². The normalized spacial score (nSPS) is 11.0. The molecule has 160 valence electrons. The van der Waals surface area contributed by atoms with Gasteiger partial charge in [0.25, 0.3) is 5.91 Å². The highest BCUT2D eigenvalue weighted by Crippen LogP contribution is 2.15. The van der Waals surface area contributed by atoms with Crippen LogP contribution in [0.3, 0.4) is 0 Å². The van der Waals surface area contributed by atoms with Crippen LogP contribution in [0.15, 0.2) is 29.3 Å². The first-order valence-corrected chi connectivity index (χ1v) is 9.83. The van der Waals surface area contributed by atoms with Crippen molar-refractivity contribution in [3.8, 4) is 0 Å². The molecule has 0 aliphatic rings. The summed E-state index contributed by atoms with van der Waals surface area (Å²) in [6.07, 6.45) is 2.67. The van der Waals surface area contributed by atoms with Gasteiger partial charge in [-0.25, -0.2) is 0 Å². The second-order valence-corrected chi connectivity index (χ2v) is 6.58. The van der Waals surface area contributed by atoms with Crippen molar-refractivity contribution in [2.75, 3.05) is 20.6 Å². The maximum Gasteiger partial charge on any atom is 0.251 e. The van der Waals surface area contributed by atoms with Gasteiger partial charge in [-0.1, -0.05) is 26.0 Å². The first-order chi connectivity index (χ1) is 13.5. The number of nitrogens with zero attached hydrogens (tertiary/aromatic N) is 3. The second-order valence-electron chi connectivity index (χ2n) is 6.58. The Hall–Kier alpha value is -2.10. The molecule has 3 N–H and O–H groups in total. The van der Waals surface area contributed by atoms with Gasteiger partial charge >= 0.3 is 0 Å². The predicted molar refractivity (Wildman–Crippen MR) is 129 cm³/mol. The predicted octanol–water partition coefficient (Wildman–Crippen LogP) is 2.43. The molecule has 1 heterocycles. The van der Waals surface area contributed by atoms with E-state index < -0.39 is 0 Å². The van der Waals surface area contributed by atoms with Crippen LogP contribution in [0.1, 0.15) is 46.7 Å². The molecule has 2 aromatic rings. The fourth-order valence-electron chi connectivity index (χ4n) is 3.32. The highest BCUT2D eigenvalue weighted by atomic mass is 127. The summed E-state index contributed by atoms with van der Waals surface area (Å²) in [6, 6.07) is 7.68. The molecule has 7 nitrogen and oxygen atoms in total. The summed E-state index contributed by atoms with van der Waals surface area (Å²) in [6.45, 7) is 5.71. The number of aryl methyl sites for hydroxylation is 2. The van der Waals surface area contributed by atoms with Gasteiger partial charge in [0, 0.05) is 51.1 Å². The van der Waals surface area contributed by atoms with E-state index in [1.165, 1.54) is 11.3 Å². The molecule has 0 atom stereocenters. The molecular weight excluding hydrogens is 479 g/mol. The van der Waals surface area contributed by atoms with E-state index in [0.29, 0.717) is 12.1 Å². The van der Waals surface area contributed by atoms with Crippen molar-refractivity contribution in [1.82, 2.24) is 25.7 Å². The molecule has 0 fully saturated rings. The average molecular weight is 512 g/mol. The Morgan fingerprint density at radius 3 is 2.59 bits per heavy atom. The van der Waals surface area contributed by atoms with E-state index in [1.807, 2.05) is 36.0 Å². The lowest BCUT2D eigenvalue weighted by molar-refractivity contribution is 0.0963. The number of aromatic nitrogens is 2.